The zero-order valence-corrected chi connectivity index (χ0v) is 17.0. The molecule has 3 heteroatoms. The van der Waals surface area contributed by atoms with Crippen molar-refractivity contribution in [2.75, 3.05) is 5.32 Å². The number of rotatable bonds is 6. The largest absolute Gasteiger partial charge is 0.326 e. The second kappa shape index (κ2) is 8.33. The predicted molar refractivity (Wildman–Crippen MR) is 125 cm³/mol. The van der Waals surface area contributed by atoms with Crippen molar-refractivity contribution in [2.45, 2.75) is 5.54 Å². The van der Waals surface area contributed by atoms with Gasteiger partial charge in [0.25, 0.3) is 0 Å². The first kappa shape index (κ1) is 18.9. The van der Waals surface area contributed by atoms with Crippen molar-refractivity contribution in [3.8, 4) is 0 Å². The minimum absolute atomic E-state index is 0.617. The molecule has 0 saturated heterocycles. The average Bonchev–Trinajstić information content (AvgIpc) is 3.31. The summed E-state index contributed by atoms with van der Waals surface area (Å²) < 4.78 is 2.18. The van der Waals surface area contributed by atoms with Crippen LogP contribution >= 0.6 is 0 Å². The SMILES string of the molecule is [c]1cn(C(c2ccccc2)(c2ccccc2)c2ccccc2)c(Nc2ccccc2)n1. The van der Waals surface area contributed by atoms with Gasteiger partial charge in [0.2, 0.25) is 5.95 Å². The van der Waals surface area contributed by atoms with Gasteiger partial charge in [-0.25, -0.2) is 4.98 Å². The normalized spacial score (nSPS) is 11.2. The lowest BCUT2D eigenvalue weighted by Gasteiger charge is -2.38. The Kier molecular flexibility index (Phi) is 5.07. The molecule has 1 N–H and O–H groups in total. The van der Waals surface area contributed by atoms with Crippen LogP contribution < -0.4 is 5.32 Å². The van der Waals surface area contributed by atoms with E-state index < -0.39 is 5.54 Å². The summed E-state index contributed by atoms with van der Waals surface area (Å²) in [6.07, 6.45) is 5.01. The molecule has 0 bridgehead atoms. The Labute approximate surface area is 182 Å². The standard InChI is InChI=1S/C28H22N3/c1-5-13-23(14-6-1)28(24-15-7-2-8-16-24,25-17-9-3-10-18-25)31-22-21-29-27(31)30-26-19-11-4-12-20-26/h1-20,22H,(H,29,30). The molecular formula is C28H22N3. The highest BCUT2D eigenvalue weighted by Gasteiger charge is 2.39. The quantitative estimate of drug-likeness (QED) is 0.341. The fourth-order valence-electron chi connectivity index (χ4n) is 4.21. The van der Waals surface area contributed by atoms with Crippen LogP contribution in [0.5, 0.6) is 0 Å². The predicted octanol–water partition coefficient (Wildman–Crippen LogP) is 6.27. The molecule has 0 amide bonds. The summed E-state index contributed by atoms with van der Waals surface area (Å²) in [5, 5.41) is 3.49. The number of nitrogens with one attached hydrogen (secondary N) is 1. The number of hydrogen-bond donors (Lipinski definition) is 1. The zero-order chi connectivity index (χ0) is 20.9. The third-order valence-corrected chi connectivity index (χ3v) is 5.55. The van der Waals surface area contributed by atoms with E-state index in [2.05, 4.69) is 93.9 Å². The fourth-order valence-corrected chi connectivity index (χ4v) is 4.21. The Morgan fingerprint density at radius 2 is 1.00 bits per heavy atom. The maximum Gasteiger partial charge on any atom is 0.209 e. The lowest BCUT2D eigenvalue weighted by molar-refractivity contribution is 0.521. The molecule has 149 valence electrons. The number of hydrogen-bond acceptors (Lipinski definition) is 2. The molecular weight excluding hydrogens is 378 g/mol. The highest BCUT2D eigenvalue weighted by molar-refractivity contribution is 5.58. The number of nitrogens with zero attached hydrogens (tertiary/aromatic N) is 2. The molecule has 5 rings (SSSR count). The molecule has 1 aromatic heterocycles. The molecule has 0 fully saturated rings. The monoisotopic (exact) mass is 400 g/mol. The molecule has 0 aliphatic carbocycles. The van der Waals surface area contributed by atoms with E-state index in [9.17, 15) is 0 Å². The summed E-state index contributed by atoms with van der Waals surface area (Å²) in [5.41, 5.74) is 3.81. The molecule has 0 saturated carbocycles. The Balaban J connectivity index is 1.81. The molecule has 5 aromatic rings. The van der Waals surface area contributed by atoms with Crippen LogP contribution in [0.3, 0.4) is 0 Å². The third kappa shape index (κ3) is 3.40. The van der Waals surface area contributed by atoms with Crippen LogP contribution in [-0.2, 0) is 5.54 Å². The third-order valence-electron chi connectivity index (χ3n) is 5.55. The van der Waals surface area contributed by atoms with Crippen molar-refractivity contribution >= 4 is 11.6 Å². The molecule has 3 nitrogen and oxygen atoms in total. The maximum atomic E-state index is 4.58. The average molecular weight is 401 g/mol. The first-order valence-corrected chi connectivity index (χ1v) is 10.3. The molecule has 0 aliphatic heterocycles. The van der Waals surface area contributed by atoms with Crippen molar-refractivity contribution in [3.63, 3.8) is 0 Å². The van der Waals surface area contributed by atoms with Crippen LogP contribution in [0.15, 0.2) is 128 Å². The Morgan fingerprint density at radius 3 is 1.45 bits per heavy atom. The second-order valence-corrected chi connectivity index (χ2v) is 7.36. The van der Waals surface area contributed by atoms with Gasteiger partial charge in [-0.2, -0.15) is 0 Å². The van der Waals surface area contributed by atoms with E-state index in [0.717, 1.165) is 28.3 Å². The Bertz CT molecular complexity index is 1130. The van der Waals surface area contributed by atoms with E-state index in [4.69, 9.17) is 0 Å². The van der Waals surface area contributed by atoms with E-state index in [1.807, 2.05) is 54.7 Å². The Morgan fingerprint density at radius 1 is 0.581 bits per heavy atom. The molecule has 1 heterocycles. The number of benzene rings is 4. The highest BCUT2D eigenvalue weighted by Crippen LogP contribution is 2.42. The van der Waals surface area contributed by atoms with Gasteiger partial charge in [-0.15, -0.1) is 0 Å². The van der Waals surface area contributed by atoms with Crippen molar-refractivity contribution in [1.29, 1.82) is 0 Å². The van der Waals surface area contributed by atoms with Crippen molar-refractivity contribution in [3.05, 3.63) is 150 Å². The number of para-hydroxylation sites is 1. The van der Waals surface area contributed by atoms with E-state index in [1.54, 1.807) is 0 Å². The zero-order valence-electron chi connectivity index (χ0n) is 17.0. The van der Waals surface area contributed by atoms with Crippen molar-refractivity contribution in [2.24, 2.45) is 0 Å². The minimum Gasteiger partial charge on any atom is -0.326 e. The van der Waals surface area contributed by atoms with Crippen LogP contribution in [-0.4, -0.2) is 9.55 Å². The van der Waals surface area contributed by atoms with Gasteiger partial charge in [0.05, 0.1) is 0 Å². The van der Waals surface area contributed by atoms with E-state index in [-0.39, 0.29) is 0 Å². The van der Waals surface area contributed by atoms with Crippen molar-refractivity contribution < 1.29 is 0 Å². The van der Waals surface area contributed by atoms with E-state index in [0.29, 0.717) is 0 Å². The lowest BCUT2D eigenvalue weighted by atomic mass is 9.76. The summed E-state index contributed by atoms with van der Waals surface area (Å²) in [4.78, 5) is 4.58. The van der Waals surface area contributed by atoms with Crippen LogP contribution in [0.2, 0.25) is 0 Å². The molecule has 0 spiro atoms. The summed E-state index contributed by atoms with van der Waals surface area (Å²) in [7, 11) is 0. The summed E-state index contributed by atoms with van der Waals surface area (Å²) in [5.74, 6) is 0.725. The highest BCUT2D eigenvalue weighted by atomic mass is 15.2. The van der Waals surface area contributed by atoms with Crippen LogP contribution in [0, 0.1) is 6.20 Å². The van der Waals surface area contributed by atoms with Gasteiger partial charge >= 0.3 is 0 Å². The van der Waals surface area contributed by atoms with Gasteiger partial charge in [0.1, 0.15) is 11.7 Å². The first-order valence-electron chi connectivity index (χ1n) is 10.3. The van der Waals surface area contributed by atoms with Gasteiger partial charge in [0, 0.05) is 11.9 Å². The smallest absolute Gasteiger partial charge is 0.209 e. The molecule has 1 radical (unpaired) electrons. The van der Waals surface area contributed by atoms with E-state index in [1.165, 1.54) is 0 Å². The van der Waals surface area contributed by atoms with Crippen molar-refractivity contribution in [1.82, 2.24) is 9.55 Å². The molecule has 4 aromatic carbocycles. The summed E-state index contributed by atoms with van der Waals surface area (Å²) in [6.45, 7) is 0. The number of anilines is 2. The van der Waals surface area contributed by atoms with Crippen LogP contribution in [0.1, 0.15) is 16.7 Å². The van der Waals surface area contributed by atoms with Gasteiger partial charge in [0.15, 0.2) is 0 Å². The lowest BCUT2D eigenvalue weighted by Crippen LogP contribution is -2.38. The molecule has 31 heavy (non-hydrogen) atoms. The van der Waals surface area contributed by atoms with Gasteiger partial charge in [-0.3, -0.25) is 4.57 Å². The van der Waals surface area contributed by atoms with Crippen LogP contribution in [0.25, 0.3) is 0 Å². The maximum absolute atomic E-state index is 4.58. The van der Waals surface area contributed by atoms with Crippen LogP contribution in [0.4, 0.5) is 11.6 Å². The molecule has 0 unspecified atom stereocenters. The minimum atomic E-state index is -0.617. The topological polar surface area (TPSA) is 29.9 Å². The van der Waals surface area contributed by atoms with Gasteiger partial charge in [-0.05, 0) is 28.8 Å². The van der Waals surface area contributed by atoms with Gasteiger partial charge < -0.3 is 5.32 Å². The van der Waals surface area contributed by atoms with Gasteiger partial charge in [-0.1, -0.05) is 109 Å². The Hall–Kier alpha value is -4.11. The molecule has 0 atom stereocenters. The second-order valence-electron chi connectivity index (χ2n) is 7.36. The number of aromatic nitrogens is 2. The number of imidazole rings is 1. The van der Waals surface area contributed by atoms with E-state index >= 15 is 0 Å². The fraction of sp³-hybridized carbons (Fsp3) is 0.0357. The molecule has 0 aliphatic rings. The summed E-state index contributed by atoms with van der Waals surface area (Å²) >= 11 is 0. The summed E-state index contributed by atoms with van der Waals surface area (Å²) in [6, 6.07) is 41.8. The first-order chi connectivity index (χ1) is 15.4.